The predicted octanol–water partition coefficient (Wildman–Crippen LogP) is 2.29. The smallest absolute Gasteiger partial charge is 0.130 e. The molecule has 0 fully saturated rings. The Labute approximate surface area is 132 Å². The van der Waals surface area contributed by atoms with Gasteiger partial charge in [-0.3, -0.25) is 4.68 Å². The highest BCUT2D eigenvalue weighted by molar-refractivity contribution is 5.41. The molecule has 2 heterocycles. The maximum atomic E-state index is 5.62. The van der Waals surface area contributed by atoms with Crippen molar-refractivity contribution < 1.29 is 0 Å². The fourth-order valence-electron chi connectivity index (χ4n) is 2.92. The van der Waals surface area contributed by atoms with Crippen molar-refractivity contribution in [3.05, 3.63) is 34.5 Å². The highest BCUT2D eigenvalue weighted by atomic mass is 15.3. The van der Waals surface area contributed by atoms with E-state index in [0.717, 1.165) is 36.0 Å². The highest BCUT2D eigenvalue weighted by Crippen LogP contribution is 2.24. The average Bonchev–Trinajstić information content (AvgIpc) is 2.73. The molecule has 0 radical (unpaired) electrons. The summed E-state index contributed by atoms with van der Waals surface area (Å²) < 4.78 is 2.04. The third-order valence-corrected chi connectivity index (χ3v) is 3.83. The van der Waals surface area contributed by atoms with E-state index in [1.165, 1.54) is 11.3 Å². The Morgan fingerprint density at radius 3 is 2.59 bits per heavy atom. The number of aryl methyl sites for hydroxylation is 3. The van der Waals surface area contributed by atoms with Crippen LogP contribution in [-0.4, -0.2) is 26.3 Å². The minimum atomic E-state index is 0.139. The van der Waals surface area contributed by atoms with E-state index in [4.69, 9.17) is 5.73 Å². The summed E-state index contributed by atoms with van der Waals surface area (Å²) >= 11 is 0. The average molecular weight is 302 g/mol. The summed E-state index contributed by atoms with van der Waals surface area (Å²) in [7, 11) is 0. The SMILES string of the molecule is CCn1nc(C)c([C@H](C)Nc2cc(CCN)nc(C)n2)c1C. The van der Waals surface area contributed by atoms with Crippen molar-refractivity contribution in [2.75, 3.05) is 11.9 Å². The Bertz CT molecular complexity index is 646. The summed E-state index contributed by atoms with van der Waals surface area (Å²) in [6.45, 7) is 11.8. The zero-order chi connectivity index (χ0) is 16.3. The van der Waals surface area contributed by atoms with Gasteiger partial charge in [-0.1, -0.05) is 0 Å². The van der Waals surface area contributed by atoms with Gasteiger partial charge in [-0.05, 0) is 41.2 Å². The summed E-state index contributed by atoms with van der Waals surface area (Å²) in [4.78, 5) is 8.89. The number of nitrogens with zero attached hydrogens (tertiary/aromatic N) is 4. The van der Waals surface area contributed by atoms with Gasteiger partial charge in [-0.15, -0.1) is 0 Å². The third-order valence-electron chi connectivity index (χ3n) is 3.83. The second-order valence-electron chi connectivity index (χ2n) is 5.60. The van der Waals surface area contributed by atoms with Gasteiger partial charge in [0.25, 0.3) is 0 Å². The molecule has 0 aliphatic rings. The molecule has 0 bridgehead atoms. The van der Waals surface area contributed by atoms with E-state index in [-0.39, 0.29) is 6.04 Å². The first-order valence-electron chi connectivity index (χ1n) is 7.81. The predicted molar refractivity (Wildman–Crippen MR) is 88.9 cm³/mol. The number of anilines is 1. The molecule has 1 atom stereocenters. The largest absolute Gasteiger partial charge is 0.363 e. The summed E-state index contributed by atoms with van der Waals surface area (Å²) in [6.07, 6.45) is 0.762. The molecular formula is C16H26N6. The monoisotopic (exact) mass is 302 g/mol. The normalized spacial score (nSPS) is 12.5. The Morgan fingerprint density at radius 1 is 1.27 bits per heavy atom. The molecule has 6 heteroatoms. The van der Waals surface area contributed by atoms with E-state index in [1.54, 1.807) is 0 Å². The molecule has 0 saturated carbocycles. The fraction of sp³-hybridized carbons (Fsp3) is 0.562. The Kier molecular flexibility index (Phi) is 5.13. The van der Waals surface area contributed by atoms with Crippen molar-refractivity contribution in [3.63, 3.8) is 0 Å². The lowest BCUT2D eigenvalue weighted by atomic mass is 10.1. The van der Waals surface area contributed by atoms with E-state index in [0.29, 0.717) is 6.54 Å². The summed E-state index contributed by atoms with van der Waals surface area (Å²) in [5.74, 6) is 1.60. The van der Waals surface area contributed by atoms with E-state index in [9.17, 15) is 0 Å². The molecule has 2 rings (SSSR count). The van der Waals surface area contributed by atoms with Gasteiger partial charge in [0.2, 0.25) is 0 Å². The van der Waals surface area contributed by atoms with Crippen molar-refractivity contribution in [3.8, 4) is 0 Å². The van der Waals surface area contributed by atoms with E-state index >= 15 is 0 Å². The molecule has 120 valence electrons. The molecule has 0 aliphatic heterocycles. The van der Waals surface area contributed by atoms with Crippen LogP contribution in [0.5, 0.6) is 0 Å². The maximum absolute atomic E-state index is 5.62. The lowest BCUT2D eigenvalue weighted by Gasteiger charge is -2.16. The van der Waals surface area contributed by atoms with Crippen LogP contribution in [0, 0.1) is 20.8 Å². The molecule has 6 nitrogen and oxygen atoms in total. The minimum Gasteiger partial charge on any atom is -0.363 e. The quantitative estimate of drug-likeness (QED) is 0.855. The topological polar surface area (TPSA) is 81.7 Å². The van der Waals surface area contributed by atoms with Crippen LogP contribution >= 0.6 is 0 Å². The van der Waals surface area contributed by atoms with Gasteiger partial charge in [0, 0.05) is 36.0 Å². The molecule has 0 spiro atoms. The molecular weight excluding hydrogens is 276 g/mol. The molecule has 0 aliphatic carbocycles. The lowest BCUT2D eigenvalue weighted by Crippen LogP contribution is -2.12. The maximum Gasteiger partial charge on any atom is 0.130 e. The van der Waals surface area contributed by atoms with Gasteiger partial charge in [0.05, 0.1) is 11.7 Å². The first kappa shape index (κ1) is 16.4. The molecule has 2 aromatic rings. The van der Waals surface area contributed by atoms with Crippen LogP contribution in [0.15, 0.2) is 6.07 Å². The van der Waals surface area contributed by atoms with Crippen molar-refractivity contribution in [2.45, 2.75) is 53.6 Å². The molecule has 2 aromatic heterocycles. The van der Waals surface area contributed by atoms with Gasteiger partial charge >= 0.3 is 0 Å². The van der Waals surface area contributed by atoms with Crippen LogP contribution in [0.4, 0.5) is 5.82 Å². The van der Waals surface area contributed by atoms with Gasteiger partial charge in [0.1, 0.15) is 11.6 Å². The van der Waals surface area contributed by atoms with E-state index in [2.05, 4.69) is 48.1 Å². The van der Waals surface area contributed by atoms with Gasteiger partial charge < -0.3 is 11.1 Å². The van der Waals surface area contributed by atoms with E-state index < -0.39 is 0 Å². The summed E-state index contributed by atoms with van der Waals surface area (Å²) in [5.41, 5.74) is 10.1. The minimum absolute atomic E-state index is 0.139. The number of nitrogens with two attached hydrogens (primary N) is 1. The van der Waals surface area contributed by atoms with Gasteiger partial charge in [-0.2, -0.15) is 5.10 Å². The van der Waals surface area contributed by atoms with Gasteiger partial charge in [0.15, 0.2) is 0 Å². The van der Waals surface area contributed by atoms with Crippen LogP contribution < -0.4 is 11.1 Å². The standard InChI is InChI=1S/C16H26N6/c1-6-22-12(4)16(11(3)21-22)10(2)18-15-9-14(7-8-17)19-13(5)20-15/h9-10H,6-8,17H2,1-5H3,(H,18,19,20)/t10-/m0/s1. The summed E-state index contributed by atoms with van der Waals surface area (Å²) in [6, 6.07) is 2.12. The van der Waals surface area contributed by atoms with Crippen molar-refractivity contribution in [1.82, 2.24) is 19.7 Å². The molecule has 22 heavy (non-hydrogen) atoms. The number of hydrogen-bond donors (Lipinski definition) is 2. The molecule has 0 unspecified atom stereocenters. The first-order chi connectivity index (χ1) is 10.5. The van der Waals surface area contributed by atoms with Crippen LogP contribution in [0.3, 0.4) is 0 Å². The number of aromatic nitrogens is 4. The van der Waals surface area contributed by atoms with E-state index in [1.807, 2.05) is 17.7 Å². The summed E-state index contributed by atoms with van der Waals surface area (Å²) in [5, 5.41) is 8.05. The second-order valence-corrected chi connectivity index (χ2v) is 5.60. The third kappa shape index (κ3) is 3.44. The van der Waals surface area contributed by atoms with Crippen molar-refractivity contribution >= 4 is 5.82 Å². The number of hydrogen-bond acceptors (Lipinski definition) is 5. The van der Waals surface area contributed by atoms with Crippen LogP contribution in [0.25, 0.3) is 0 Å². The molecule has 0 saturated heterocycles. The number of rotatable bonds is 6. The molecule has 0 aromatic carbocycles. The fourth-order valence-corrected chi connectivity index (χ4v) is 2.92. The molecule has 0 amide bonds. The van der Waals surface area contributed by atoms with Crippen LogP contribution in [0.2, 0.25) is 0 Å². The highest BCUT2D eigenvalue weighted by Gasteiger charge is 2.17. The zero-order valence-corrected chi connectivity index (χ0v) is 14.1. The van der Waals surface area contributed by atoms with Crippen molar-refractivity contribution in [1.29, 1.82) is 0 Å². The second kappa shape index (κ2) is 6.87. The molecule has 3 N–H and O–H groups in total. The van der Waals surface area contributed by atoms with Crippen LogP contribution in [-0.2, 0) is 13.0 Å². The lowest BCUT2D eigenvalue weighted by molar-refractivity contribution is 0.632. The Balaban J connectivity index is 2.25. The number of nitrogens with one attached hydrogen (secondary N) is 1. The van der Waals surface area contributed by atoms with Crippen molar-refractivity contribution in [2.24, 2.45) is 5.73 Å². The Morgan fingerprint density at radius 2 is 2.00 bits per heavy atom. The Hall–Kier alpha value is -1.95. The van der Waals surface area contributed by atoms with Crippen LogP contribution in [0.1, 0.15) is 48.4 Å². The first-order valence-corrected chi connectivity index (χ1v) is 7.81. The zero-order valence-electron chi connectivity index (χ0n) is 14.1. The van der Waals surface area contributed by atoms with Gasteiger partial charge in [-0.25, -0.2) is 9.97 Å².